The molecule has 0 aromatic heterocycles. The predicted octanol–water partition coefficient (Wildman–Crippen LogP) is 5.71. The minimum absolute atomic E-state index is 0.0555. The summed E-state index contributed by atoms with van der Waals surface area (Å²) in [5.74, 6) is 0.455. The average Bonchev–Trinajstić information content (AvgIpc) is 3.53. The van der Waals surface area contributed by atoms with Crippen molar-refractivity contribution in [1.82, 2.24) is 0 Å². The van der Waals surface area contributed by atoms with Gasteiger partial charge in [-0.25, -0.2) is 0 Å². The highest BCUT2D eigenvalue weighted by Crippen LogP contribution is 2.38. The molecule has 31 heavy (non-hydrogen) atoms. The van der Waals surface area contributed by atoms with Gasteiger partial charge >= 0.3 is 0 Å². The normalized spacial score (nSPS) is 18.0. The lowest BCUT2D eigenvalue weighted by atomic mass is 10.1. The van der Waals surface area contributed by atoms with Crippen LogP contribution in [-0.2, 0) is 4.79 Å². The predicted molar refractivity (Wildman–Crippen MR) is 125 cm³/mol. The van der Waals surface area contributed by atoms with Gasteiger partial charge in [-0.3, -0.25) is 9.59 Å². The van der Waals surface area contributed by atoms with Crippen molar-refractivity contribution in [2.24, 2.45) is 11.8 Å². The summed E-state index contributed by atoms with van der Waals surface area (Å²) in [6.45, 7) is 4.19. The molecule has 2 amide bonds. The SMILES string of the molecule is CC(Nc1ccc(NC(=O)c2ccc(NC(=O)C3CC3C)cc2)cc1)c1ccccc1. The molecule has 3 aromatic rings. The molecule has 1 aliphatic rings. The van der Waals surface area contributed by atoms with Crippen LogP contribution in [0, 0.1) is 11.8 Å². The largest absolute Gasteiger partial charge is 0.379 e. The second-order valence-corrected chi connectivity index (χ2v) is 8.19. The van der Waals surface area contributed by atoms with Gasteiger partial charge in [-0.2, -0.15) is 0 Å². The summed E-state index contributed by atoms with van der Waals surface area (Å²) < 4.78 is 0. The van der Waals surface area contributed by atoms with Crippen molar-refractivity contribution >= 4 is 28.9 Å². The molecule has 1 saturated carbocycles. The Labute approximate surface area is 182 Å². The zero-order valence-electron chi connectivity index (χ0n) is 17.8. The summed E-state index contributed by atoms with van der Waals surface area (Å²) in [7, 11) is 0. The fourth-order valence-electron chi connectivity index (χ4n) is 3.56. The van der Waals surface area contributed by atoms with Crippen LogP contribution in [-0.4, -0.2) is 11.8 Å². The van der Waals surface area contributed by atoms with Crippen LogP contribution in [0.1, 0.15) is 42.2 Å². The number of carbonyl (C=O) groups excluding carboxylic acids is 2. The molecule has 1 aliphatic carbocycles. The number of benzene rings is 3. The van der Waals surface area contributed by atoms with Gasteiger partial charge in [0, 0.05) is 34.6 Å². The van der Waals surface area contributed by atoms with Crippen molar-refractivity contribution in [3.63, 3.8) is 0 Å². The molecule has 158 valence electrons. The molecule has 3 aromatic carbocycles. The van der Waals surface area contributed by atoms with E-state index in [0.29, 0.717) is 17.2 Å². The topological polar surface area (TPSA) is 70.2 Å². The molecule has 4 rings (SSSR count). The lowest BCUT2D eigenvalue weighted by Gasteiger charge is -2.16. The summed E-state index contributed by atoms with van der Waals surface area (Å²) >= 11 is 0. The van der Waals surface area contributed by atoms with Crippen LogP contribution in [0.3, 0.4) is 0 Å². The van der Waals surface area contributed by atoms with Gasteiger partial charge in [-0.05, 0) is 73.4 Å². The molecule has 0 heterocycles. The monoisotopic (exact) mass is 413 g/mol. The number of hydrogen-bond donors (Lipinski definition) is 3. The molecule has 0 bridgehead atoms. The van der Waals surface area contributed by atoms with E-state index in [1.165, 1.54) is 5.56 Å². The number of carbonyl (C=O) groups is 2. The summed E-state index contributed by atoms with van der Waals surface area (Å²) in [6, 6.07) is 25.1. The standard InChI is InChI=1S/C26H27N3O2/c1-17-16-24(17)26(31)29-22-10-8-20(9-11-22)25(30)28-23-14-12-21(13-15-23)27-18(2)19-6-4-3-5-7-19/h3-15,17-18,24,27H,16H2,1-2H3,(H,28,30)(H,29,31). The van der Waals surface area contributed by atoms with Crippen LogP contribution in [0.5, 0.6) is 0 Å². The molecule has 0 spiro atoms. The maximum Gasteiger partial charge on any atom is 0.255 e. The first kappa shape index (κ1) is 20.7. The van der Waals surface area contributed by atoms with Crippen LogP contribution < -0.4 is 16.0 Å². The van der Waals surface area contributed by atoms with E-state index in [2.05, 4.69) is 41.9 Å². The molecule has 0 saturated heterocycles. The van der Waals surface area contributed by atoms with Crippen molar-refractivity contribution in [2.45, 2.75) is 26.3 Å². The van der Waals surface area contributed by atoms with Crippen LogP contribution in [0.25, 0.3) is 0 Å². The minimum Gasteiger partial charge on any atom is -0.379 e. The molecule has 1 fully saturated rings. The quantitative estimate of drug-likeness (QED) is 0.465. The molecule has 5 nitrogen and oxygen atoms in total. The Balaban J connectivity index is 1.31. The summed E-state index contributed by atoms with van der Waals surface area (Å²) in [5.41, 5.74) is 4.18. The Bertz CT molecular complexity index is 1050. The highest BCUT2D eigenvalue weighted by molar-refractivity contribution is 6.04. The number of anilines is 3. The summed E-state index contributed by atoms with van der Waals surface area (Å²) in [4.78, 5) is 24.6. The maximum absolute atomic E-state index is 12.5. The van der Waals surface area contributed by atoms with Gasteiger partial charge in [0.2, 0.25) is 5.91 Å². The van der Waals surface area contributed by atoms with Crippen molar-refractivity contribution in [1.29, 1.82) is 0 Å². The Hall–Kier alpha value is -3.60. The zero-order valence-corrected chi connectivity index (χ0v) is 17.8. The summed E-state index contributed by atoms with van der Waals surface area (Å²) in [5, 5.41) is 9.28. The van der Waals surface area contributed by atoms with Gasteiger partial charge in [0.15, 0.2) is 0 Å². The van der Waals surface area contributed by atoms with Gasteiger partial charge in [-0.15, -0.1) is 0 Å². The van der Waals surface area contributed by atoms with Crippen molar-refractivity contribution < 1.29 is 9.59 Å². The van der Waals surface area contributed by atoms with Crippen LogP contribution >= 0.6 is 0 Å². The van der Waals surface area contributed by atoms with Crippen LogP contribution in [0.15, 0.2) is 78.9 Å². The molecule has 3 N–H and O–H groups in total. The molecule has 3 atom stereocenters. The molecule has 5 heteroatoms. The fraction of sp³-hybridized carbons (Fsp3) is 0.231. The van der Waals surface area contributed by atoms with Crippen LogP contribution in [0.4, 0.5) is 17.1 Å². The smallest absolute Gasteiger partial charge is 0.255 e. The van der Waals surface area contributed by atoms with Gasteiger partial charge in [0.25, 0.3) is 5.91 Å². The zero-order chi connectivity index (χ0) is 21.8. The van der Waals surface area contributed by atoms with E-state index < -0.39 is 0 Å². The Kier molecular flexibility index (Phi) is 6.03. The number of rotatable bonds is 7. The highest BCUT2D eigenvalue weighted by atomic mass is 16.2. The Morgan fingerprint density at radius 3 is 1.97 bits per heavy atom. The third-order valence-electron chi connectivity index (χ3n) is 5.69. The van der Waals surface area contributed by atoms with Crippen molar-refractivity contribution in [2.75, 3.05) is 16.0 Å². The van der Waals surface area contributed by atoms with E-state index in [9.17, 15) is 9.59 Å². The fourth-order valence-corrected chi connectivity index (χ4v) is 3.56. The summed E-state index contributed by atoms with van der Waals surface area (Å²) in [6.07, 6.45) is 0.950. The Morgan fingerprint density at radius 1 is 0.806 bits per heavy atom. The highest BCUT2D eigenvalue weighted by Gasteiger charge is 2.39. The number of nitrogens with one attached hydrogen (secondary N) is 3. The minimum atomic E-state index is -0.188. The van der Waals surface area contributed by atoms with Gasteiger partial charge in [0.05, 0.1) is 0 Å². The van der Waals surface area contributed by atoms with E-state index in [4.69, 9.17) is 0 Å². The molecule has 3 unspecified atom stereocenters. The van der Waals surface area contributed by atoms with E-state index in [1.54, 1.807) is 24.3 Å². The van der Waals surface area contributed by atoms with Crippen molar-refractivity contribution in [3.8, 4) is 0 Å². The van der Waals surface area contributed by atoms with Gasteiger partial charge in [-0.1, -0.05) is 37.3 Å². The lowest BCUT2D eigenvalue weighted by Crippen LogP contribution is -2.15. The number of amides is 2. The number of hydrogen-bond acceptors (Lipinski definition) is 3. The van der Waals surface area contributed by atoms with Gasteiger partial charge in [0.1, 0.15) is 0 Å². The average molecular weight is 414 g/mol. The maximum atomic E-state index is 12.5. The third kappa shape index (κ3) is 5.31. The molecular weight excluding hydrogens is 386 g/mol. The lowest BCUT2D eigenvalue weighted by molar-refractivity contribution is -0.117. The second kappa shape index (κ2) is 9.04. The van der Waals surface area contributed by atoms with E-state index in [0.717, 1.165) is 17.8 Å². The first-order chi connectivity index (χ1) is 15.0. The second-order valence-electron chi connectivity index (χ2n) is 8.19. The van der Waals surface area contributed by atoms with Gasteiger partial charge < -0.3 is 16.0 Å². The molecule has 0 radical (unpaired) electrons. The van der Waals surface area contributed by atoms with Crippen LogP contribution in [0.2, 0.25) is 0 Å². The van der Waals surface area contributed by atoms with E-state index >= 15 is 0 Å². The van der Waals surface area contributed by atoms with Crippen molar-refractivity contribution in [3.05, 3.63) is 90.0 Å². The van der Waals surface area contributed by atoms with E-state index in [-0.39, 0.29) is 23.8 Å². The Morgan fingerprint density at radius 2 is 1.35 bits per heavy atom. The first-order valence-electron chi connectivity index (χ1n) is 10.6. The molecule has 0 aliphatic heterocycles. The molecular formula is C26H27N3O2. The first-order valence-corrected chi connectivity index (χ1v) is 10.6. The third-order valence-corrected chi connectivity index (χ3v) is 5.69. The van der Waals surface area contributed by atoms with E-state index in [1.807, 2.05) is 42.5 Å².